The number of thiazole rings is 1. The number of imidazole rings is 1. The number of anilines is 1. The summed E-state index contributed by atoms with van der Waals surface area (Å²) in [5, 5.41) is 19.8. The lowest BCUT2D eigenvalue weighted by Gasteiger charge is -2.02. The molecule has 0 aliphatic heterocycles. The van der Waals surface area contributed by atoms with Crippen LogP contribution in [0.3, 0.4) is 0 Å². The summed E-state index contributed by atoms with van der Waals surface area (Å²) in [6.07, 6.45) is 1.63. The third-order valence-electron chi connectivity index (χ3n) is 3.02. The number of aromatic nitrogens is 3. The van der Waals surface area contributed by atoms with Crippen molar-refractivity contribution in [2.75, 3.05) is 5.32 Å². The van der Waals surface area contributed by atoms with Crippen LogP contribution in [0.2, 0.25) is 0 Å². The maximum absolute atomic E-state index is 11.2. The minimum absolute atomic E-state index is 0.0620. The molecule has 0 radical (unpaired) electrons. The van der Waals surface area contributed by atoms with Crippen LogP contribution in [0.1, 0.15) is 17.0 Å². The van der Waals surface area contributed by atoms with Crippen molar-refractivity contribution in [2.24, 2.45) is 0 Å². The number of hydrogen-bond donors (Lipinski definition) is 1. The van der Waals surface area contributed by atoms with Crippen LogP contribution in [0.5, 0.6) is 0 Å². The number of rotatable bonds is 4. The lowest BCUT2D eigenvalue weighted by molar-refractivity contribution is -0.389. The maximum Gasteiger partial charge on any atom is 0.372 e. The highest BCUT2D eigenvalue weighted by Crippen LogP contribution is 2.28. The van der Waals surface area contributed by atoms with E-state index in [1.807, 2.05) is 6.92 Å². The first-order valence-electron chi connectivity index (χ1n) is 5.83. The van der Waals surface area contributed by atoms with Crippen LogP contribution in [0.15, 0.2) is 16.1 Å². The van der Waals surface area contributed by atoms with Crippen molar-refractivity contribution in [3.8, 4) is 0 Å². The molecule has 0 amide bonds. The SMILES string of the molecule is Cc1noc(C)c1CNc1nc2sccn2c1[N+](=O)[O-]. The van der Waals surface area contributed by atoms with Crippen molar-refractivity contribution in [3.63, 3.8) is 0 Å². The van der Waals surface area contributed by atoms with Gasteiger partial charge in [0.25, 0.3) is 4.96 Å². The largest absolute Gasteiger partial charge is 0.372 e. The van der Waals surface area contributed by atoms with Crippen LogP contribution in [0.25, 0.3) is 4.96 Å². The van der Waals surface area contributed by atoms with Gasteiger partial charge in [-0.15, -0.1) is 0 Å². The fraction of sp³-hybridized carbons (Fsp3) is 0.273. The Labute approximate surface area is 117 Å². The molecule has 0 saturated carbocycles. The van der Waals surface area contributed by atoms with Crippen molar-refractivity contribution in [1.82, 2.24) is 14.5 Å². The van der Waals surface area contributed by atoms with E-state index in [0.717, 1.165) is 11.3 Å². The van der Waals surface area contributed by atoms with Crippen molar-refractivity contribution in [3.05, 3.63) is 38.7 Å². The molecular weight excluding hydrogens is 282 g/mol. The second-order valence-corrected chi connectivity index (χ2v) is 5.13. The zero-order valence-electron chi connectivity index (χ0n) is 10.8. The molecule has 0 unspecified atom stereocenters. The molecule has 3 aromatic rings. The van der Waals surface area contributed by atoms with E-state index < -0.39 is 4.92 Å². The lowest BCUT2D eigenvalue weighted by Crippen LogP contribution is -2.04. The van der Waals surface area contributed by atoms with Crippen LogP contribution in [-0.4, -0.2) is 19.5 Å². The first-order valence-corrected chi connectivity index (χ1v) is 6.71. The average Bonchev–Trinajstić information content (AvgIpc) is 3.02. The van der Waals surface area contributed by atoms with Crippen molar-refractivity contribution in [1.29, 1.82) is 0 Å². The van der Waals surface area contributed by atoms with Crippen LogP contribution in [0, 0.1) is 24.0 Å². The van der Waals surface area contributed by atoms with Gasteiger partial charge in [0.1, 0.15) is 12.0 Å². The van der Waals surface area contributed by atoms with E-state index in [9.17, 15) is 10.1 Å². The van der Waals surface area contributed by atoms with Gasteiger partial charge in [0, 0.05) is 17.5 Å². The smallest absolute Gasteiger partial charge is 0.361 e. The van der Waals surface area contributed by atoms with Gasteiger partial charge in [0.05, 0.1) is 5.69 Å². The van der Waals surface area contributed by atoms with Crippen molar-refractivity contribution >= 4 is 27.9 Å². The van der Waals surface area contributed by atoms with Gasteiger partial charge in [-0.1, -0.05) is 16.5 Å². The maximum atomic E-state index is 11.2. The Morgan fingerprint density at radius 1 is 1.55 bits per heavy atom. The molecule has 8 nitrogen and oxygen atoms in total. The molecule has 104 valence electrons. The third-order valence-corrected chi connectivity index (χ3v) is 3.78. The van der Waals surface area contributed by atoms with Gasteiger partial charge in [0.2, 0.25) is 5.82 Å². The van der Waals surface area contributed by atoms with Gasteiger partial charge < -0.3 is 20.0 Å². The van der Waals surface area contributed by atoms with Crippen molar-refractivity contribution < 1.29 is 9.45 Å². The minimum Gasteiger partial charge on any atom is -0.361 e. The van der Waals surface area contributed by atoms with E-state index >= 15 is 0 Å². The van der Waals surface area contributed by atoms with Crippen molar-refractivity contribution in [2.45, 2.75) is 20.4 Å². The van der Waals surface area contributed by atoms with E-state index in [1.165, 1.54) is 15.7 Å². The molecule has 20 heavy (non-hydrogen) atoms. The minimum atomic E-state index is -0.442. The summed E-state index contributed by atoms with van der Waals surface area (Å²) in [7, 11) is 0. The summed E-state index contributed by atoms with van der Waals surface area (Å²) in [6, 6.07) is 0. The molecule has 0 aliphatic rings. The molecule has 3 aromatic heterocycles. The summed E-state index contributed by atoms with van der Waals surface area (Å²) in [5.41, 5.74) is 1.65. The molecule has 0 aliphatic carbocycles. The summed E-state index contributed by atoms with van der Waals surface area (Å²) in [5.74, 6) is 0.883. The summed E-state index contributed by atoms with van der Waals surface area (Å²) in [6.45, 7) is 4.01. The predicted octanol–water partition coefficient (Wildman–Crippen LogP) is 2.52. The monoisotopic (exact) mass is 293 g/mol. The normalized spacial score (nSPS) is 11.1. The van der Waals surface area contributed by atoms with Crippen LogP contribution >= 0.6 is 11.3 Å². The van der Waals surface area contributed by atoms with Gasteiger partial charge in [-0.05, 0) is 18.8 Å². The standard InChI is InChI=1S/C11H11N5O3S/c1-6-8(7(2)19-14-6)5-12-9-10(16(17)18)15-3-4-20-11(15)13-9/h3-4,12H,5H2,1-2H3. The molecule has 3 heterocycles. The summed E-state index contributed by atoms with van der Waals surface area (Å²) in [4.78, 5) is 15.5. The molecular formula is C11H11N5O3S. The molecule has 0 atom stereocenters. The van der Waals surface area contributed by atoms with E-state index in [4.69, 9.17) is 4.52 Å². The Balaban J connectivity index is 1.93. The fourth-order valence-corrected chi connectivity index (χ4v) is 2.70. The first kappa shape index (κ1) is 12.6. The molecule has 0 fully saturated rings. The van der Waals surface area contributed by atoms with E-state index in [0.29, 0.717) is 17.3 Å². The molecule has 0 bridgehead atoms. The number of nitrogens with one attached hydrogen (secondary N) is 1. The second-order valence-electron chi connectivity index (χ2n) is 4.25. The van der Waals surface area contributed by atoms with E-state index in [-0.39, 0.29) is 11.6 Å². The van der Waals surface area contributed by atoms with E-state index in [2.05, 4.69) is 15.5 Å². The topological polar surface area (TPSA) is 98.5 Å². The Bertz CT molecular complexity index is 768. The molecule has 3 rings (SSSR count). The van der Waals surface area contributed by atoms with Gasteiger partial charge in [-0.3, -0.25) is 0 Å². The number of nitro groups is 1. The zero-order chi connectivity index (χ0) is 14.3. The van der Waals surface area contributed by atoms with E-state index in [1.54, 1.807) is 18.5 Å². The summed E-state index contributed by atoms with van der Waals surface area (Å²) >= 11 is 1.35. The van der Waals surface area contributed by atoms with Crippen LogP contribution < -0.4 is 5.32 Å². The number of fused-ring (bicyclic) bond motifs is 1. The Morgan fingerprint density at radius 2 is 2.35 bits per heavy atom. The highest BCUT2D eigenvalue weighted by Gasteiger charge is 2.23. The molecule has 0 saturated heterocycles. The number of hydrogen-bond acceptors (Lipinski definition) is 7. The average molecular weight is 293 g/mol. The van der Waals surface area contributed by atoms with Gasteiger partial charge in [0.15, 0.2) is 0 Å². The highest BCUT2D eigenvalue weighted by atomic mass is 32.1. The lowest BCUT2D eigenvalue weighted by atomic mass is 10.2. The van der Waals surface area contributed by atoms with Crippen LogP contribution in [0.4, 0.5) is 11.6 Å². The molecule has 9 heteroatoms. The third kappa shape index (κ3) is 1.92. The number of aryl methyl sites for hydroxylation is 2. The molecule has 0 aromatic carbocycles. The number of nitrogens with zero attached hydrogens (tertiary/aromatic N) is 4. The van der Waals surface area contributed by atoms with Crippen LogP contribution in [-0.2, 0) is 6.54 Å². The quantitative estimate of drug-likeness (QED) is 0.586. The predicted molar refractivity (Wildman–Crippen MR) is 73.0 cm³/mol. The summed E-state index contributed by atoms with van der Waals surface area (Å²) < 4.78 is 6.52. The molecule has 1 N–H and O–H groups in total. The highest BCUT2D eigenvalue weighted by molar-refractivity contribution is 7.15. The molecule has 0 spiro atoms. The Hall–Kier alpha value is -2.42. The second kappa shape index (κ2) is 4.60. The van der Waals surface area contributed by atoms with Gasteiger partial charge >= 0.3 is 5.82 Å². The first-order chi connectivity index (χ1) is 9.58. The van der Waals surface area contributed by atoms with Gasteiger partial charge in [-0.2, -0.15) is 9.38 Å². The Kier molecular flexibility index (Phi) is 2.90. The fourth-order valence-electron chi connectivity index (χ4n) is 1.99. The zero-order valence-corrected chi connectivity index (χ0v) is 11.6. The van der Waals surface area contributed by atoms with Gasteiger partial charge in [-0.25, -0.2) is 0 Å². The Morgan fingerprint density at radius 3 is 3.00 bits per heavy atom.